The SMILES string of the molecule is COc1cc(CN2CCC(C(C)O)CC2)ccc1C(=N)N. The van der Waals surface area contributed by atoms with Crippen molar-refractivity contribution in [3.05, 3.63) is 29.3 Å². The van der Waals surface area contributed by atoms with Gasteiger partial charge in [0.15, 0.2) is 0 Å². The fraction of sp³-hybridized carbons (Fsp3) is 0.562. The summed E-state index contributed by atoms with van der Waals surface area (Å²) in [7, 11) is 1.60. The smallest absolute Gasteiger partial charge is 0.130 e. The molecule has 4 N–H and O–H groups in total. The van der Waals surface area contributed by atoms with Crippen molar-refractivity contribution in [2.75, 3.05) is 20.2 Å². The number of benzene rings is 1. The van der Waals surface area contributed by atoms with Gasteiger partial charge in [-0.25, -0.2) is 0 Å². The van der Waals surface area contributed by atoms with Crippen molar-refractivity contribution in [2.24, 2.45) is 11.7 Å². The van der Waals surface area contributed by atoms with E-state index in [1.165, 1.54) is 0 Å². The number of aliphatic hydroxyl groups is 1. The topological polar surface area (TPSA) is 82.6 Å². The van der Waals surface area contributed by atoms with Crippen LogP contribution < -0.4 is 10.5 Å². The molecule has 1 aliphatic rings. The van der Waals surface area contributed by atoms with Crippen LogP contribution in [0.1, 0.15) is 30.9 Å². The van der Waals surface area contributed by atoms with Gasteiger partial charge in [0.25, 0.3) is 0 Å². The van der Waals surface area contributed by atoms with Crippen molar-refractivity contribution >= 4 is 5.84 Å². The van der Waals surface area contributed by atoms with Crippen molar-refractivity contribution < 1.29 is 9.84 Å². The van der Waals surface area contributed by atoms with Crippen LogP contribution in [0.2, 0.25) is 0 Å². The number of aliphatic hydroxyl groups excluding tert-OH is 1. The van der Waals surface area contributed by atoms with Gasteiger partial charge in [-0.15, -0.1) is 0 Å². The normalized spacial score (nSPS) is 18.4. The largest absolute Gasteiger partial charge is 0.496 e. The van der Waals surface area contributed by atoms with Crippen LogP contribution in [0.5, 0.6) is 5.75 Å². The van der Waals surface area contributed by atoms with Gasteiger partial charge in [0.05, 0.1) is 18.8 Å². The van der Waals surface area contributed by atoms with E-state index in [-0.39, 0.29) is 11.9 Å². The lowest BCUT2D eigenvalue weighted by molar-refractivity contribution is 0.0695. The van der Waals surface area contributed by atoms with Crippen molar-refractivity contribution in [2.45, 2.75) is 32.4 Å². The summed E-state index contributed by atoms with van der Waals surface area (Å²) in [5.74, 6) is 1.10. The molecule has 0 aliphatic carbocycles. The number of ether oxygens (including phenoxy) is 1. The first kappa shape index (κ1) is 15.8. The van der Waals surface area contributed by atoms with Gasteiger partial charge in [-0.2, -0.15) is 0 Å². The maximum absolute atomic E-state index is 9.64. The van der Waals surface area contributed by atoms with E-state index in [4.69, 9.17) is 15.9 Å². The van der Waals surface area contributed by atoms with E-state index < -0.39 is 0 Å². The number of amidine groups is 1. The third-order valence-corrected chi connectivity index (χ3v) is 4.28. The van der Waals surface area contributed by atoms with Crippen LogP contribution >= 0.6 is 0 Å². The number of nitrogen functional groups attached to an aromatic ring is 1. The Morgan fingerprint density at radius 3 is 2.67 bits per heavy atom. The molecule has 0 spiro atoms. The van der Waals surface area contributed by atoms with Gasteiger partial charge in [0.1, 0.15) is 11.6 Å². The second-order valence-corrected chi connectivity index (χ2v) is 5.80. The van der Waals surface area contributed by atoms with Gasteiger partial charge in [-0.05, 0) is 56.5 Å². The molecule has 5 heteroatoms. The highest BCUT2D eigenvalue weighted by molar-refractivity contribution is 5.97. The molecule has 5 nitrogen and oxygen atoms in total. The predicted octanol–water partition coefficient (Wildman–Crippen LogP) is 1.57. The predicted molar refractivity (Wildman–Crippen MR) is 83.7 cm³/mol. The second kappa shape index (κ2) is 6.91. The van der Waals surface area contributed by atoms with E-state index in [2.05, 4.69) is 4.90 Å². The molecule has 1 heterocycles. The van der Waals surface area contributed by atoms with Gasteiger partial charge in [-0.1, -0.05) is 6.07 Å². The Balaban J connectivity index is 1.99. The number of nitrogens with zero attached hydrogens (tertiary/aromatic N) is 1. The quantitative estimate of drug-likeness (QED) is 0.568. The van der Waals surface area contributed by atoms with Crippen molar-refractivity contribution in [1.29, 1.82) is 5.41 Å². The van der Waals surface area contributed by atoms with Crippen LogP contribution in [0.15, 0.2) is 18.2 Å². The Bertz CT molecular complexity index is 494. The van der Waals surface area contributed by atoms with E-state index >= 15 is 0 Å². The second-order valence-electron chi connectivity index (χ2n) is 5.80. The minimum Gasteiger partial charge on any atom is -0.496 e. The zero-order chi connectivity index (χ0) is 15.4. The van der Waals surface area contributed by atoms with Crippen LogP contribution in [-0.4, -0.2) is 42.1 Å². The average Bonchev–Trinajstić information content (AvgIpc) is 2.47. The number of hydrogen-bond donors (Lipinski definition) is 3. The molecule has 0 saturated carbocycles. The fourth-order valence-corrected chi connectivity index (χ4v) is 2.91. The summed E-state index contributed by atoms with van der Waals surface area (Å²) in [6.45, 7) is 4.76. The van der Waals surface area contributed by atoms with Crippen molar-refractivity contribution in [1.82, 2.24) is 4.90 Å². The number of nitrogens with one attached hydrogen (secondary N) is 1. The van der Waals surface area contributed by atoms with Gasteiger partial charge in [0.2, 0.25) is 0 Å². The average molecular weight is 291 g/mol. The Morgan fingerprint density at radius 1 is 1.48 bits per heavy atom. The van der Waals surface area contributed by atoms with Crippen LogP contribution in [0.3, 0.4) is 0 Å². The molecular weight excluding hydrogens is 266 g/mol. The third kappa shape index (κ3) is 3.95. The lowest BCUT2D eigenvalue weighted by Crippen LogP contribution is -2.36. The first-order valence-electron chi connectivity index (χ1n) is 7.43. The third-order valence-electron chi connectivity index (χ3n) is 4.28. The highest BCUT2D eigenvalue weighted by Gasteiger charge is 2.22. The Labute approximate surface area is 126 Å². The minimum atomic E-state index is -0.206. The van der Waals surface area contributed by atoms with Crippen molar-refractivity contribution in [3.63, 3.8) is 0 Å². The number of piperidine rings is 1. The molecule has 1 aliphatic heterocycles. The number of nitrogens with two attached hydrogens (primary N) is 1. The lowest BCUT2D eigenvalue weighted by Gasteiger charge is -2.33. The highest BCUT2D eigenvalue weighted by atomic mass is 16.5. The molecule has 1 unspecified atom stereocenters. The van der Waals surface area contributed by atoms with Crippen LogP contribution in [-0.2, 0) is 6.54 Å². The molecule has 1 aromatic carbocycles. The van der Waals surface area contributed by atoms with Gasteiger partial charge in [-0.3, -0.25) is 10.3 Å². The summed E-state index contributed by atoms with van der Waals surface area (Å²) in [5.41, 5.74) is 7.33. The van der Waals surface area contributed by atoms with E-state index in [1.807, 2.05) is 25.1 Å². The molecule has 116 valence electrons. The molecule has 1 fully saturated rings. The van der Waals surface area contributed by atoms with Crippen LogP contribution in [0, 0.1) is 11.3 Å². The molecule has 2 rings (SSSR count). The maximum atomic E-state index is 9.64. The van der Waals surface area contributed by atoms with Gasteiger partial charge >= 0.3 is 0 Å². The lowest BCUT2D eigenvalue weighted by atomic mass is 9.92. The molecule has 0 bridgehead atoms. The summed E-state index contributed by atoms with van der Waals surface area (Å²) in [4.78, 5) is 2.39. The molecule has 21 heavy (non-hydrogen) atoms. The number of methoxy groups -OCH3 is 1. The zero-order valence-electron chi connectivity index (χ0n) is 12.8. The highest BCUT2D eigenvalue weighted by Crippen LogP contribution is 2.24. The van der Waals surface area contributed by atoms with E-state index in [9.17, 15) is 5.11 Å². The zero-order valence-corrected chi connectivity index (χ0v) is 12.8. The fourth-order valence-electron chi connectivity index (χ4n) is 2.91. The number of hydrogen-bond acceptors (Lipinski definition) is 4. The van der Waals surface area contributed by atoms with Crippen LogP contribution in [0.4, 0.5) is 0 Å². The Morgan fingerprint density at radius 2 is 2.14 bits per heavy atom. The van der Waals surface area contributed by atoms with E-state index in [0.717, 1.165) is 38.0 Å². The monoisotopic (exact) mass is 291 g/mol. The van der Waals surface area contributed by atoms with Crippen molar-refractivity contribution in [3.8, 4) is 5.75 Å². The molecular formula is C16H25N3O2. The summed E-state index contributed by atoms with van der Waals surface area (Å²) < 4.78 is 5.31. The summed E-state index contributed by atoms with van der Waals surface area (Å²) in [6.07, 6.45) is 1.88. The van der Waals surface area contributed by atoms with Crippen LogP contribution in [0.25, 0.3) is 0 Å². The number of rotatable bonds is 5. The summed E-state index contributed by atoms with van der Waals surface area (Å²) in [5, 5.41) is 17.2. The van der Waals surface area contributed by atoms with Gasteiger partial charge in [0, 0.05) is 6.54 Å². The molecule has 0 aromatic heterocycles. The molecule has 1 saturated heterocycles. The minimum absolute atomic E-state index is 0.0242. The molecule has 1 atom stereocenters. The Hall–Kier alpha value is -1.59. The standard InChI is InChI=1S/C16H25N3O2/c1-11(20)13-5-7-19(8-6-13)10-12-3-4-14(16(17)18)15(9-12)21-2/h3-4,9,11,13,20H,5-8,10H2,1-2H3,(H3,17,18). The maximum Gasteiger partial charge on any atom is 0.130 e. The molecule has 0 radical (unpaired) electrons. The molecule has 1 aromatic rings. The molecule has 0 amide bonds. The van der Waals surface area contributed by atoms with E-state index in [1.54, 1.807) is 7.11 Å². The summed E-state index contributed by atoms with van der Waals surface area (Å²) in [6, 6.07) is 5.80. The van der Waals surface area contributed by atoms with E-state index in [0.29, 0.717) is 17.2 Å². The first-order chi connectivity index (χ1) is 10.0. The first-order valence-corrected chi connectivity index (χ1v) is 7.43. The Kier molecular flexibility index (Phi) is 5.20. The summed E-state index contributed by atoms with van der Waals surface area (Å²) >= 11 is 0. The number of likely N-dealkylation sites (tertiary alicyclic amines) is 1. The van der Waals surface area contributed by atoms with Gasteiger partial charge < -0.3 is 15.6 Å².